The Hall–Kier alpha value is -2.29. The lowest BCUT2D eigenvalue weighted by Gasteiger charge is -2.30. The number of amides is 2. The first kappa shape index (κ1) is 16.6. The lowest BCUT2D eigenvalue weighted by atomic mass is 9.82. The molecule has 3 nitrogen and oxygen atoms in total. The molecule has 0 fully saturated rings. The Labute approximate surface area is 144 Å². The topological polar surface area (TPSA) is 32.3 Å². The summed E-state index contributed by atoms with van der Waals surface area (Å²) in [4.78, 5) is 14.7. The molecule has 0 aliphatic carbocycles. The number of hydrogen-bond acceptors (Lipinski definition) is 1. The van der Waals surface area contributed by atoms with Crippen molar-refractivity contribution in [3.63, 3.8) is 0 Å². The fourth-order valence-corrected chi connectivity index (χ4v) is 3.68. The molecule has 3 rings (SSSR count). The summed E-state index contributed by atoms with van der Waals surface area (Å²) < 4.78 is 0. The normalized spacial score (nSPS) is 16.8. The van der Waals surface area contributed by atoms with Gasteiger partial charge in [-0.25, -0.2) is 4.79 Å². The zero-order valence-corrected chi connectivity index (χ0v) is 15.0. The van der Waals surface area contributed by atoms with E-state index in [-0.39, 0.29) is 17.5 Å². The molecule has 1 aliphatic rings. The number of nitrogens with one attached hydrogen (secondary N) is 1. The van der Waals surface area contributed by atoms with Crippen molar-refractivity contribution in [2.75, 3.05) is 11.4 Å². The van der Waals surface area contributed by atoms with Gasteiger partial charge in [-0.15, -0.1) is 0 Å². The van der Waals surface area contributed by atoms with Crippen LogP contribution in [0.3, 0.4) is 0 Å². The molecule has 1 heterocycles. The van der Waals surface area contributed by atoms with Crippen molar-refractivity contribution in [2.45, 2.75) is 45.6 Å². The van der Waals surface area contributed by atoms with Gasteiger partial charge >= 0.3 is 6.03 Å². The Morgan fingerprint density at radius 2 is 1.83 bits per heavy atom. The lowest BCUT2D eigenvalue weighted by molar-refractivity contribution is 0.242. The van der Waals surface area contributed by atoms with Gasteiger partial charge < -0.3 is 5.32 Å². The van der Waals surface area contributed by atoms with E-state index in [1.54, 1.807) is 0 Å². The summed E-state index contributed by atoms with van der Waals surface area (Å²) in [7, 11) is 0. The molecule has 3 heteroatoms. The van der Waals surface area contributed by atoms with Crippen LogP contribution in [-0.2, 0) is 11.8 Å². The summed E-state index contributed by atoms with van der Waals surface area (Å²) in [5.41, 5.74) is 4.72. The van der Waals surface area contributed by atoms with Crippen LogP contribution in [0.15, 0.2) is 48.5 Å². The maximum absolute atomic E-state index is 12.8. The van der Waals surface area contributed by atoms with Crippen molar-refractivity contribution in [1.29, 1.82) is 0 Å². The predicted octanol–water partition coefficient (Wildman–Crippen LogP) is 4.43. The highest BCUT2D eigenvalue weighted by molar-refractivity contribution is 5.95. The van der Waals surface area contributed by atoms with E-state index in [9.17, 15) is 4.79 Å². The lowest BCUT2D eigenvalue weighted by Crippen LogP contribution is -2.47. The number of nitrogens with zero attached hydrogens (tertiary/aromatic N) is 1. The van der Waals surface area contributed by atoms with Gasteiger partial charge in [-0.2, -0.15) is 0 Å². The third-order valence-corrected chi connectivity index (χ3v) is 4.98. The summed E-state index contributed by atoms with van der Waals surface area (Å²) in [5, 5.41) is 3.15. The first-order valence-corrected chi connectivity index (χ1v) is 8.61. The van der Waals surface area contributed by atoms with Crippen LogP contribution in [0.25, 0.3) is 0 Å². The molecule has 2 aromatic carbocycles. The minimum Gasteiger partial charge on any atom is -0.337 e. The third-order valence-electron chi connectivity index (χ3n) is 4.98. The second-order valence-electron chi connectivity index (χ2n) is 7.41. The number of aryl methyl sites for hydroxylation is 1. The second-order valence-corrected chi connectivity index (χ2v) is 7.41. The molecule has 126 valence electrons. The molecular formula is C21H26N2O. The summed E-state index contributed by atoms with van der Waals surface area (Å²) in [6, 6.07) is 16.7. The largest absolute Gasteiger partial charge is 0.337 e. The minimum atomic E-state index is -0.108. The molecule has 0 saturated heterocycles. The van der Waals surface area contributed by atoms with Crippen molar-refractivity contribution in [1.82, 2.24) is 5.32 Å². The zero-order valence-electron chi connectivity index (χ0n) is 15.0. The van der Waals surface area contributed by atoms with Crippen molar-refractivity contribution in [2.24, 2.45) is 0 Å². The number of hydrogen-bond donors (Lipinski definition) is 1. The van der Waals surface area contributed by atoms with Gasteiger partial charge in [0, 0.05) is 23.7 Å². The smallest absolute Gasteiger partial charge is 0.322 e. The van der Waals surface area contributed by atoms with Crippen LogP contribution < -0.4 is 10.2 Å². The summed E-state index contributed by atoms with van der Waals surface area (Å²) in [6.45, 7) is 9.19. The van der Waals surface area contributed by atoms with Gasteiger partial charge in [0.15, 0.2) is 0 Å². The zero-order chi connectivity index (χ0) is 17.3. The van der Waals surface area contributed by atoms with E-state index in [1.807, 2.05) is 23.1 Å². The van der Waals surface area contributed by atoms with E-state index in [0.29, 0.717) is 6.54 Å². The summed E-state index contributed by atoms with van der Waals surface area (Å²) in [5.74, 6) is 0. The van der Waals surface area contributed by atoms with Gasteiger partial charge in [-0.1, -0.05) is 56.3 Å². The molecular weight excluding hydrogens is 296 g/mol. The van der Waals surface area contributed by atoms with Gasteiger partial charge in [0.25, 0.3) is 0 Å². The van der Waals surface area contributed by atoms with Crippen LogP contribution in [0.5, 0.6) is 0 Å². The van der Waals surface area contributed by atoms with E-state index >= 15 is 0 Å². The number of urea groups is 1. The Kier molecular flexibility index (Phi) is 4.35. The molecule has 0 aromatic heterocycles. The van der Waals surface area contributed by atoms with E-state index in [0.717, 1.165) is 12.1 Å². The summed E-state index contributed by atoms with van der Waals surface area (Å²) in [6.07, 6.45) is 0.921. The van der Waals surface area contributed by atoms with Crippen LogP contribution in [0, 0.1) is 6.92 Å². The van der Waals surface area contributed by atoms with Gasteiger partial charge in [-0.05, 0) is 43.0 Å². The molecule has 2 aromatic rings. The van der Waals surface area contributed by atoms with Gasteiger partial charge in [-0.3, -0.25) is 4.90 Å². The van der Waals surface area contributed by atoms with Gasteiger partial charge in [0.1, 0.15) is 0 Å². The maximum atomic E-state index is 12.8. The first-order valence-electron chi connectivity index (χ1n) is 8.61. The Morgan fingerprint density at radius 3 is 2.58 bits per heavy atom. The average Bonchev–Trinajstić information content (AvgIpc) is 2.89. The molecule has 1 aliphatic heterocycles. The van der Waals surface area contributed by atoms with Crippen molar-refractivity contribution in [3.05, 3.63) is 65.2 Å². The number of carbonyl (C=O) groups excluding carboxylic acids is 1. The van der Waals surface area contributed by atoms with E-state index < -0.39 is 0 Å². The molecule has 0 saturated carbocycles. The molecule has 2 amide bonds. The highest BCUT2D eigenvalue weighted by Gasteiger charge is 2.31. The van der Waals surface area contributed by atoms with Crippen LogP contribution >= 0.6 is 0 Å². The van der Waals surface area contributed by atoms with Crippen molar-refractivity contribution >= 4 is 11.7 Å². The molecule has 1 unspecified atom stereocenters. The van der Waals surface area contributed by atoms with Crippen LogP contribution in [0.4, 0.5) is 10.5 Å². The second kappa shape index (κ2) is 6.31. The molecule has 1 N–H and O–H groups in total. The number of rotatable bonds is 3. The van der Waals surface area contributed by atoms with Gasteiger partial charge in [0.05, 0.1) is 0 Å². The molecule has 1 atom stereocenters. The monoisotopic (exact) mass is 322 g/mol. The van der Waals surface area contributed by atoms with Gasteiger partial charge in [0.2, 0.25) is 0 Å². The first-order chi connectivity index (χ1) is 11.4. The summed E-state index contributed by atoms with van der Waals surface area (Å²) >= 11 is 0. The third kappa shape index (κ3) is 3.03. The van der Waals surface area contributed by atoms with Crippen molar-refractivity contribution in [3.8, 4) is 0 Å². The standard InChI is InChI=1S/C21H26N2O/c1-15-9-5-7-11-18(15)21(3,4)14-22-20(24)23-16(2)13-17-10-6-8-12-19(17)23/h5-12,16H,13-14H2,1-4H3,(H,22,24). The predicted molar refractivity (Wildman–Crippen MR) is 99.7 cm³/mol. The molecule has 0 bridgehead atoms. The van der Waals surface area contributed by atoms with E-state index in [1.165, 1.54) is 16.7 Å². The minimum absolute atomic E-state index is 0.00545. The van der Waals surface area contributed by atoms with Crippen LogP contribution in [-0.4, -0.2) is 18.6 Å². The Bertz CT molecular complexity index is 751. The Balaban J connectivity index is 1.73. The van der Waals surface area contributed by atoms with E-state index in [4.69, 9.17) is 0 Å². The van der Waals surface area contributed by atoms with Crippen molar-refractivity contribution < 1.29 is 4.79 Å². The number of anilines is 1. The molecule has 0 spiro atoms. The van der Waals surface area contributed by atoms with Crippen LogP contribution in [0.1, 0.15) is 37.5 Å². The SMILES string of the molecule is Cc1ccccc1C(C)(C)CNC(=O)N1c2ccccc2CC1C. The number of carbonyl (C=O) groups is 1. The fourth-order valence-electron chi connectivity index (χ4n) is 3.68. The number of fused-ring (bicyclic) bond motifs is 1. The van der Waals surface area contributed by atoms with E-state index in [2.05, 4.69) is 63.3 Å². The maximum Gasteiger partial charge on any atom is 0.322 e. The number of para-hydroxylation sites is 1. The molecule has 24 heavy (non-hydrogen) atoms. The quantitative estimate of drug-likeness (QED) is 0.890. The average molecular weight is 322 g/mol. The van der Waals surface area contributed by atoms with Crippen LogP contribution in [0.2, 0.25) is 0 Å². The number of benzene rings is 2. The highest BCUT2D eigenvalue weighted by atomic mass is 16.2. The highest BCUT2D eigenvalue weighted by Crippen LogP contribution is 2.32. The fraction of sp³-hybridized carbons (Fsp3) is 0.381. The Morgan fingerprint density at radius 1 is 1.17 bits per heavy atom. The molecule has 0 radical (unpaired) electrons.